The van der Waals surface area contributed by atoms with Crippen molar-refractivity contribution in [1.82, 2.24) is 4.98 Å². The molecule has 0 aliphatic carbocycles. The Hall–Kier alpha value is -2.19. The fraction of sp³-hybridized carbons (Fsp3) is 0.150. The molecule has 22 heavy (non-hydrogen) atoms. The van der Waals surface area contributed by atoms with E-state index in [9.17, 15) is 0 Å². The minimum atomic E-state index is 1.00. The quantitative estimate of drug-likeness (QED) is 0.551. The molecule has 0 radical (unpaired) electrons. The Bertz CT molecular complexity index is 767. The second kappa shape index (κ2) is 6.71. The zero-order chi connectivity index (χ0) is 15.4. The molecule has 0 fully saturated rings. The van der Waals surface area contributed by atoms with Gasteiger partial charge in [-0.2, -0.15) is 0 Å². The van der Waals surface area contributed by atoms with Crippen LogP contribution in [0.1, 0.15) is 28.8 Å². The Labute approximate surface area is 136 Å². The molecule has 0 aliphatic heterocycles. The molecule has 1 nitrogen and oxygen atoms in total. The van der Waals surface area contributed by atoms with E-state index in [1.165, 1.54) is 26.6 Å². The van der Waals surface area contributed by atoms with Crippen molar-refractivity contribution in [2.75, 3.05) is 0 Å². The molecular formula is C20H19NS. The number of nitrogens with zero attached hydrogens (tertiary/aromatic N) is 1. The standard InChI is InChI=1S/C20H19NS/c1-3-19-21-15(2)20(22-19)18-13-11-17(12-14-18)10-9-16-7-5-4-6-8-16/h4-14H,3H2,1-2H3/b10-9+. The van der Waals surface area contributed by atoms with Gasteiger partial charge in [0.25, 0.3) is 0 Å². The number of aryl methyl sites for hydroxylation is 2. The van der Waals surface area contributed by atoms with Crippen molar-refractivity contribution in [2.24, 2.45) is 0 Å². The van der Waals surface area contributed by atoms with Gasteiger partial charge in [0.05, 0.1) is 15.6 Å². The minimum absolute atomic E-state index is 1.00. The van der Waals surface area contributed by atoms with E-state index in [1.807, 2.05) is 6.07 Å². The molecule has 0 N–H and O–H groups in total. The maximum Gasteiger partial charge on any atom is 0.0931 e. The molecule has 3 rings (SSSR count). The summed E-state index contributed by atoms with van der Waals surface area (Å²) < 4.78 is 0. The average Bonchev–Trinajstić information content (AvgIpc) is 2.95. The van der Waals surface area contributed by atoms with Crippen LogP contribution in [0.15, 0.2) is 54.6 Å². The molecule has 3 aromatic rings. The van der Waals surface area contributed by atoms with Gasteiger partial charge in [-0.15, -0.1) is 11.3 Å². The van der Waals surface area contributed by atoms with Crippen LogP contribution in [0.5, 0.6) is 0 Å². The van der Waals surface area contributed by atoms with Crippen LogP contribution < -0.4 is 0 Å². The van der Waals surface area contributed by atoms with Crippen molar-refractivity contribution in [3.63, 3.8) is 0 Å². The summed E-state index contributed by atoms with van der Waals surface area (Å²) in [4.78, 5) is 5.90. The normalized spacial score (nSPS) is 11.2. The first-order valence-electron chi connectivity index (χ1n) is 7.56. The predicted octanol–water partition coefficient (Wildman–Crippen LogP) is 5.85. The van der Waals surface area contributed by atoms with Crippen molar-refractivity contribution < 1.29 is 0 Å². The van der Waals surface area contributed by atoms with E-state index in [4.69, 9.17) is 0 Å². The molecular weight excluding hydrogens is 286 g/mol. The molecule has 2 aromatic carbocycles. The third kappa shape index (κ3) is 3.34. The summed E-state index contributed by atoms with van der Waals surface area (Å²) in [6.45, 7) is 4.24. The van der Waals surface area contributed by atoms with Gasteiger partial charge in [0, 0.05) is 0 Å². The highest BCUT2D eigenvalue weighted by Crippen LogP contribution is 2.30. The summed E-state index contributed by atoms with van der Waals surface area (Å²) in [5.74, 6) is 0. The van der Waals surface area contributed by atoms with Crippen LogP contribution in [0.4, 0.5) is 0 Å². The lowest BCUT2D eigenvalue weighted by molar-refractivity contribution is 1.07. The highest BCUT2D eigenvalue weighted by atomic mass is 32.1. The van der Waals surface area contributed by atoms with E-state index >= 15 is 0 Å². The molecule has 0 spiro atoms. The summed E-state index contributed by atoms with van der Waals surface area (Å²) in [7, 11) is 0. The minimum Gasteiger partial charge on any atom is -0.246 e. The second-order valence-electron chi connectivity index (χ2n) is 5.24. The van der Waals surface area contributed by atoms with Gasteiger partial charge < -0.3 is 0 Å². The largest absolute Gasteiger partial charge is 0.246 e. The summed E-state index contributed by atoms with van der Waals surface area (Å²) in [5, 5.41) is 1.21. The van der Waals surface area contributed by atoms with Crippen LogP contribution in [-0.2, 0) is 6.42 Å². The van der Waals surface area contributed by atoms with E-state index in [0.29, 0.717) is 0 Å². The van der Waals surface area contributed by atoms with E-state index in [-0.39, 0.29) is 0 Å². The molecule has 0 amide bonds. The van der Waals surface area contributed by atoms with Gasteiger partial charge in [-0.05, 0) is 30.0 Å². The molecule has 0 unspecified atom stereocenters. The third-order valence-corrected chi connectivity index (χ3v) is 4.93. The van der Waals surface area contributed by atoms with E-state index in [0.717, 1.165) is 12.1 Å². The molecule has 0 atom stereocenters. The zero-order valence-corrected chi connectivity index (χ0v) is 13.7. The van der Waals surface area contributed by atoms with Crippen LogP contribution in [0.25, 0.3) is 22.6 Å². The first-order chi connectivity index (χ1) is 10.8. The Morgan fingerprint density at radius 1 is 0.909 bits per heavy atom. The highest BCUT2D eigenvalue weighted by Gasteiger charge is 2.08. The summed E-state index contributed by atoms with van der Waals surface area (Å²) >= 11 is 1.80. The average molecular weight is 305 g/mol. The van der Waals surface area contributed by atoms with Crippen molar-refractivity contribution in [3.8, 4) is 10.4 Å². The molecule has 1 aromatic heterocycles. The summed E-state index contributed by atoms with van der Waals surface area (Å²) in [6.07, 6.45) is 5.29. The fourth-order valence-electron chi connectivity index (χ4n) is 2.37. The smallest absolute Gasteiger partial charge is 0.0931 e. The van der Waals surface area contributed by atoms with Gasteiger partial charge in [0.2, 0.25) is 0 Å². The fourth-order valence-corrected chi connectivity index (χ4v) is 3.38. The first-order valence-corrected chi connectivity index (χ1v) is 8.38. The van der Waals surface area contributed by atoms with Gasteiger partial charge in [0.15, 0.2) is 0 Å². The predicted molar refractivity (Wildman–Crippen MR) is 97.0 cm³/mol. The lowest BCUT2D eigenvalue weighted by atomic mass is 10.1. The Morgan fingerprint density at radius 3 is 2.14 bits per heavy atom. The molecule has 0 bridgehead atoms. The molecule has 110 valence electrons. The van der Waals surface area contributed by atoms with E-state index in [1.54, 1.807) is 11.3 Å². The lowest BCUT2D eigenvalue weighted by Gasteiger charge is -2.00. The van der Waals surface area contributed by atoms with Crippen molar-refractivity contribution in [2.45, 2.75) is 20.3 Å². The maximum absolute atomic E-state index is 4.61. The Kier molecular flexibility index (Phi) is 4.50. The van der Waals surface area contributed by atoms with Crippen LogP contribution in [-0.4, -0.2) is 4.98 Å². The third-order valence-electron chi connectivity index (χ3n) is 3.58. The van der Waals surface area contributed by atoms with Crippen molar-refractivity contribution in [1.29, 1.82) is 0 Å². The van der Waals surface area contributed by atoms with Gasteiger partial charge in [-0.25, -0.2) is 4.98 Å². The second-order valence-corrected chi connectivity index (χ2v) is 6.33. The monoisotopic (exact) mass is 305 g/mol. The number of hydrogen-bond donors (Lipinski definition) is 0. The first kappa shape index (κ1) is 14.7. The highest BCUT2D eigenvalue weighted by molar-refractivity contribution is 7.15. The molecule has 0 saturated heterocycles. The molecule has 1 heterocycles. The van der Waals surface area contributed by atoms with Crippen molar-refractivity contribution in [3.05, 3.63) is 76.4 Å². The number of thiazole rings is 1. The number of benzene rings is 2. The lowest BCUT2D eigenvalue weighted by Crippen LogP contribution is -1.79. The van der Waals surface area contributed by atoms with Crippen LogP contribution in [0.3, 0.4) is 0 Å². The van der Waals surface area contributed by atoms with E-state index < -0.39 is 0 Å². The van der Waals surface area contributed by atoms with Gasteiger partial charge in [-0.1, -0.05) is 73.7 Å². The number of rotatable bonds is 4. The number of hydrogen-bond acceptors (Lipinski definition) is 2. The topological polar surface area (TPSA) is 12.9 Å². The summed E-state index contributed by atoms with van der Waals surface area (Å²) in [6, 6.07) is 19.1. The number of aromatic nitrogens is 1. The van der Waals surface area contributed by atoms with Crippen LogP contribution >= 0.6 is 11.3 Å². The van der Waals surface area contributed by atoms with Crippen LogP contribution in [0, 0.1) is 6.92 Å². The molecule has 0 aliphatic rings. The SMILES string of the molecule is CCc1nc(C)c(-c2ccc(/C=C/c3ccccc3)cc2)s1. The Morgan fingerprint density at radius 2 is 1.55 bits per heavy atom. The Balaban J connectivity index is 1.80. The summed E-state index contributed by atoms with van der Waals surface area (Å²) in [5.41, 5.74) is 4.82. The van der Waals surface area contributed by atoms with E-state index in [2.05, 4.69) is 79.5 Å². The molecule has 2 heteroatoms. The van der Waals surface area contributed by atoms with Crippen molar-refractivity contribution >= 4 is 23.5 Å². The van der Waals surface area contributed by atoms with Gasteiger partial charge in [0.1, 0.15) is 0 Å². The maximum atomic E-state index is 4.61. The molecule has 0 saturated carbocycles. The van der Waals surface area contributed by atoms with Crippen LogP contribution in [0.2, 0.25) is 0 Å². The van der Waals surface area contributed by atoms with Gasteiger partial charge >= 0.3 is 0 Å². The van der Waals surface area contributed by atoms with Gasteiger partial charge in [-0.3, -0.25) is 0 Å². The zero-order valence-electron chi connectivity index (χ0n) is 12.9.